The molecule has 0 spiro atoms. The van der Waals surface area contributed by atoms with E-state index < -0.39 is 11.7 Å². The van der Waals surface area contributed by atoms with Gasteiger partial charge >= 0.3 is 0 Å². The Morgan fingerprint density at radius 1 is 1.50 bits per heavy atom. The van der Waals surface area contributed by atoms with E-state index >= 15 is 0 Å². The lowest BCUT2D eigenvalue weighted by Crippen LogP contribution is -2.13. The molecule has 2 aromatic rings. The molecule has 102 valence electrons. The van der Waals surface area contributed by atoms with Crippen LogP contribution in [0.5, 0.6) is 0 Å². The zero-order chi connectivity index (χ0) is 14.4. The van der Waals surface area contributed by atoms with Crippen LogP contribution >= 0.6 is 11.5 Å². The van der Waals surface area contributed by atoms with Gasteiger partial charge in [0.25, 0.3) is 5.91 Å². The molecule has 0 unspecified atom stereocenters. The number of aromatic nitrogens is 3. The number of rotatable bonds is 3. The molecule has 20 heavy (non-hydrogen) atoms. The third kappa shape index (κ3) is 3.57. The number of halogens is 1. The van der Waals surface area contributed by atoms with E-state index in [9.17, 15) is 9.18 Å². The van der Waals surface area contributed by atoms with Crippen molar-refractivity contribution >= 4 is 22.6 Å². The van der Waals surface area contributed by atoms with Gasteiger partial charge in [-0.2, -0.15) is 0 Å². The largest absolute Gasteiger partial charge is 0.395 e. The molecule has 1 aromatic carbocycles. The summed E-state index contributed by atoms with van der Waals surface area (Å²) < 4.78 is 16.8. The van der Waals surface area contributed by atoms with Crippen LogP contribution in [0.1, 0.15) is 22.3 Å². The van der Waals surface area contributed by atoms with Crippen LogP contribution in [0.4, 0.5) is 9.52 Å². The lowest BCUT2D eigenvalue weighted by Gasteiger charge is -2.04. The first kappa shape index (κ1) is 14.0. The van der Waals surface area contributed by atoms with Crippen molar-refractivity contribution in [2.75, 3.05) is 11.9 Å². The van der Waals surface area contributed by atoms with Gasteiger partial charge in [-0.1, -0.05) is 21.4 Å². The van der Waals surface area contributed by atoms with E-state index in [1.165, 1.54) is 12.1 Å². The Balaban J connectivity index is 2.27. The Hall–Kier alpha value is -2.37. The summed E-state index contributed by atoms with van der Waals surface area (Å²) in [7, 11) is 0. The minimum atomic E-state index is -0.545. The number of aliphatic hydroxyl groups is 1. The van der Waals surface area contributed by atoms with E-state index in [1.54, 1.807) is 0 Å². The van der Waals surface area contributed by atoms with Gasteiger partial charge < -0.3 is 5.11 Å². The Morgan fingerprint density at radius 3 is 3.05 bits per heavy atom. The van der Waals surface area contributed by atoms with Gasteiger partial charge in [-0.15, -0.1) is 0 Å². The van der Waals surface area contributed by atoms with Crippen molar-refractivity contribution < 1.29 is 14.3 Å². The molecule has 0 aliphatic heterocycles. The first-order valence-corrected chi connectivity index (χ1v) is 6.33. The summed E-state index contributed by atoms with van der Waals surface area (Å²) in [5.74, 6) is 4.31. The van der Waals surface area contributed by atoms with E-state index in [4.69, 9.17) is 5.11 Å². The van der Waals surface area contributed by atoms with Crippen LogP contribution in [-0.4, -0.2) is 32.4 Å². The van der Waals surface area contributed by atoms with Crippen LogP contribution in [0, 0.1) is 17.7 Å². The fourth-order valence-electron chi connectivity index (χ4n) is 1.37. The second kappa shape index (κ2) is 6.70. The van der Waals surface area contributed by atoms with E-state index in [2.05, 4.69) is 32.0 Å². The molecule has 1 aromatic heterocycles. The fourth-order valence-corrected chi connectivity index (χ4v) is 1.74. The minimum Gasteiger partial charge on any atom is -0.395 e. The summed E-state index contributed by atoms with van der Waals surface area (Å²) in [6, 6.07) is 3.71. The summed E-state index contributed by atoms with van der Waals surface area (Å²) >= 11 is 0.910. The molecule has 2 N–H and O–H groups in total. The molecule has 1 heterocycles. The van der Waals surface area contributed by atoms with Crippen LogP contribution in [-0.2, 0) is 0 Å². The predicted octanol–water partition coefficient (Wildman–Crippen LogP) is 1.06. The van der Waals surface area contributed by atoms with E-state index in [0.717, 1.165) is 17.6 Å². The molecular formula is C12H9FN4O2S. The molecular weight excluding hydrogens is 283 g/mol. The smallest absolute Gasteiger partial charge is 0.258 e. The molecule has 1 amide bonds. The van der Waals surface area contributed by atoms with Crippen LogP contribution in [0.2, 0.25) is 0 Å². The average molecular weight is 292 g/mol. The first-order chi connectivity index (χ1) is 9.70. The number of anilines is 1. The molecule has 0 saturated carbocycles. The van der Waals surface area contributed by atoms with Gasteiger partial charge in [0.15, 0.2) is 0 Å². The molecule has 0 saturated heterocycles. The zero-order valence-electron chi connectivity index (χ0n) is 10.1. The predicted molar refractivity (Wildman–Crippen MR) is 70.6 cm³/mol. The number of aliphatic hydroxyl groups excluding tert-OH is 1. The maximum absolute atomic E-state index is 13.3. The first-order valence-electron chi connectivity index (χ1n) is 5.56. The summed E-state index contributed by atoms with van der Waals surface area (Å²) in [6.45, 7) is -0.0772. The average Bonchev–Trinajstić information content (AvgIpc) is 2.93. The van der Waals surface area contributed by atoms with Crippen LogP contribution in [0.3, 0.4) is 0 Å². The standard InChI is InChI=1S/C12H9FN4O2S/c13-9-5-4-8(3-1-2-6-18)10(7-9)11(19)14-12-15-16-17-20-12/h4-5,7,18H,2,6H2,(H,14,15,17,19). The van der Waals surface area contributed by atoms with E-state index in [-0.39, 0.29) is 23.7 Å². The van der Waals surface area contributed by atoms with E-state index in [0.29, 0.717) is 5.56 Å². The molecule has 0 bridgehead atoms. The monoisotopic (exact) mass is 292 g/mol. The maximum atomic E-state index is 13.3. The Bertz CT molecular complexity index is 664. The molecule has 0 aliphatic carbocycles. The molecule has 0 radical (unpaired) electrons. The highest BCUT2D eigenvalue weighted by molar-refractivity contribution is 7.09. The van der Waals surface area contributed by atoms with Crippen molar-refractivity contribution in [2.45, 2.75) is 6.42 Å². The summed E-state index contributed by atoms with van der Waals surface area (Å²) in [5.41, 5.74) is 0.459. The van der Waals surface area contributed by atoms with Gasteiger partial charge in [0, 0.05) is 23.5 Å². The normalized spacial score (nSPS) is 9.70. The topological polar surface area (TPSA) is 88.0 Å². The van der Waals surface area contributed by atoms with Crippen LogP contribution in [0.15, 0.2) is 18.2 Å². The quantitative estimate of drug-likeness (QED) is 0.826. The number of benzene rings is 1. The molecule has 8 heteroatoms. The summed E-state index contributed by atoms with van der Waals surface area (Å²) in [4.78, 5) is 12.0. The number of hydrogen-bond acceptors (Lipinski definition) is 6. The van der Waals surface area contributed by atoms with Gasteiger partial charge in [-0.3, -0.25) is 10.1 Å². The number of amides is 1. The van der Waals surface area contributed by atoms with Crippen molar-refractivity contribution in [3.05, 3.63) is 35.1 Å². The Kier molecular flexibility index (Phi) is 4.70. The van der Waals surface area contributed by atoms with Gasteiger partial charge in [0.1, 0.15) is 5.82 Å². The van der Waals surface area contributed by atoms with Gasteiger partial charge in [0.2, 0.25) is 5.13 Å². The number of carbonyl (C=O) groups excluding carboxylic acids is 1. The second-order valence-electron chi connectivity index (χ2n) is 3.59. The van der Waals surface area contributed by atoms with Gasteiger partial charge in [-0.05, 0) is 23.4 Å². The second-order valence-corrected chi connectivity index (χ2v) is 4.32. The van der Waals surface area contributed by atoms with Gasteiger partial charge in [0.05, 0.1) is 12.2 Å². The van der Waals surface area contributed by atoms with Crippen molar-refractivity contribution in [2.24, 2.45) is 0 Å². The Labute approximate surface area is 117 Å². The number of nitrogens with zero attached hydrogens (tertiary/aromatic N) is 3. The third-order valence-electron chi connectivity index (χ3n) is 2.21. The lowest BCUT2D eigenvalue weighted by molar-refractivity contribution is 0.102. The molecule has 0 fully saturated rings. The van der Waals surface area contributed by atoms with Crippen molar-refractivity contribution in [1.29, 1.82) is 0 Å². The lowest BCUT2D eigenvalue weighted by atomic mass is 10.1. The number of hydrogen-bond donors (Lipinski definition) is 2. The summed E-state index contributed by atoms with van der Waals surface area (Å²) in [5, 5.41) is 18.3. The Morgan fingerprint density at radius 2 is 2.35 bits per heavy atom. The van der Waals surface area contributed by atoms with Crippen molar-refractivity contribution in [3.63, 3.8) is 0 Å². The van der Waals surface area contributed by atoms with Crippen LogP contribution in [0.25, 0.3) is 0 Å². The molecule has 6 nitrogen and oxygen atoms in total. The van der Waals surface area contributed by atoms with E-state index in [1.807, 2.05) is 0 Å². The highest BCUT2D eigenvalue weighted by Gasteiger charge is 2.13. The highest BCUT2D eigenvalue weighted by atomic mass is 32.1. The van der Waals surface area contributed by atoms with Gasteiger partial charge in [-0.25, -0.2) is 4.39 Å². The zero-order valence-corrected chi connectivity index (χ0v) is 10.9. The maximum Gasteiger partial charge on any atom is 0.258 e. The SMILES string of the molecule is O=C(Nc1nnns1)c1cc(F)ccc1C#CCCO. The van der Waals surface area contributed by atoms with Crippen molar-refractivity contribution in [1.82, 2.24) is 14.8 Å². The fraction of sp³-hybridized carbons (Fsp3) is 0.167. The summed E-state index contributed by atoms with van der Waals surface area (Å²) in [6.07, 6.45) is 0.277. The van der Waals surface area contributed by atoms with Crippen LogP contribution < -0.4 is 5.32 Å². The molecule has 0 atom stereocenters. The number of nitrogens with one attached hydrogen (secondary N) is 1. The number of carbonyl (C=O) groups is 1. The highest BCUT2D eigenvalue weighted by Crippen LogP contribution is 2.14. The molecule has 0 aliphatic rings. The minimum absolute atomic E-state index is 0.0772. The third-order valence-corrected chi connectivity index (χ3v) is 2.72. The van der Waals surface area contributed by atoms with Crippen molar-refractivity contribution in [3.8, 4) is 11.8 Å². The molecule has 2 rings (SSSR count).